The molecule has 0 aliphatic carbocycles. The second-order valence-electron chi connectivity index (χ2n) is 5.14. The Bertz CT molecular complexity index is 649. The van der Waals surface area contributed by atoms with Gasteiger partial charge in [-0.25, -0.2) is 0 Å². The van der Waals surface area contributed by atoms with Crippen LogP contribution in [0.2, 0.25) is 5.02 Å². The van der Waals surface area contributed by atoms with E-state index in [9.17, 15) is 4.79 Å². The molecule has 21 heavy (non-hydrogen) atoms. The predicted octanol–water partition coefficient (Wildman–Crippen LogP) is 2.94. The fourth-order valence-electron chi connectivity index (χ4n) is 2.34. The van der Waals surface area contributed by atoms with Crippen LogP contribution in [0.4, 0.5) is 0 Å². The van der Waals surface area contributed by atoms with Gasteiger partial charge in [-0.1, -0.05) is 29.8 Å². The lowest BCUT2D eigenvalue weighted by Gasteiger charge is -2.07. The van der Waals surface area contributed by atoms with Crippen molar-refractivity contribution in [2.24, 2.45) is 7.05 Å². The Balaban J connectivity index is 1.87. The van der Waals surface area contributed by atoms with Crippen LogP contribution in [0.3, 0.4) is 0 Å². The van der Waals surface area contributed by atoms with Gasteiger partial charge in [0, 0.05) is 30.7 Å². The Kier molecular flexibility index (Phi) is 5.02. The van der Waals surface area contributed by atoms with Gasteiger partial charge in [0.05, 0.1) is 5.69 Å². The molecule has 0 unspecified atom stereocenters. The quantitative estimate of drug-likeness (QED) is 0.923. The first-order valence-electron chi connectivity index (χ1n) is 6.98. The molecular formula is C16H20ClN3O. The number of hydrogen-bond donors (Lipinski definition) is 1. The summed E-state index contributed by atoms with van der Waals surface area (Å²) in [5.41, 5.74) is 4.20. The highest BCUT2D eigenvalue weighted by atomic mass is 35.5. The van der Waals surface area contributed by atoms with E-state index >= 15 is 0 Å². The first kappa shape index (κ1) is 15.6. The van der Waals surface area contributed by atoms with Crippen LogP contribution in [0.1, 0.15) is 28.9 Å². The smallest absolute Gasteiger partial charge is 0.220 e. The second-order valence-corrected chi connectivity index (χ2v) is 5.55. The lowest BCUT2D eigenvalue weighted by atomic mass is 10.1. The van der Waals surface area contributed by atoms with E-state index in [4.69, 9.17) is 11.6 Å². The van der Waals surface area contributed by atoms with Crippen LogP contribution >= 0.6 is 11.6 Å². The zero-order valence-electron chi connectivity index (χ0n) is 12.6. The molecule has 5 heteroatoms. The lowest BCUT2D eigenvalue weighted by Crippen LogP contribution is -2.23. The van der Waals surface area contributed by atoms with E-state index in [1.165, 1.54) is 0 Å². The number of carbonyl (C=O) groups excluding carboxylic acids is 1. The molecule has 0 saturated heterocycles. The third-order valence-electron chi connectivity index (χ3n) is 3.69. The first-order valence-corrected chi connectivity index (χ1v) is 7.36. The zero-order chi connectivity index (χ0) is 15.4. The van der Waals surface area contributed by atoms with Gasteiger partial charge in [0.2, 0.25) is 5.91 Å². The van der Waals surface area contributed by atoms with Gasteiger partial charge in [-0.05, 0) is 37.5 Å². The maximum absolute atomic E-state index is 11.9. The molecule has 0 saturated carbocycles. The van der Waals surface area contributed by atoms with E-state index in [0.29, 0.717) is 24.4 Å². The standard InChI is InChI=1S/C16H20ClN3O/c1-11-14(12(2)20(3)19-11)8-9-16(21)18-10-13-6-4-5-7-15(13)17/h4-7H,8-10H2,1-3H3,(H,18,21). The maximum atomic E-state index is 11.9. The molecule has 4 nitrogen and oxygen atoms in total. The molecular weight excluding hydrogens is 286 g/mol. The first-order chi connectivity index (χ1) is 9.99. The van der Waals surface area contributed by atoms with Gasteiger partial charge in [-0.3, -0.25) is 9.48 Å². The van der Waals surface area contributed by atoms with Crippen molar-refractivity contribution in [3.8, 4) is 0 Å². The van der Waals surface area contributed by atoms with E-state index in [1.54, 1.807) is 0 Å². The summed E-state index contributed by atoms with van der Waals surface area (Å²) in [5, 5.41) is 7.94. The molecule has 0 spiro atoms. The van der Waals surface area contributed by atoms with Crippen molar-refractivity contribution in [3.63, 3.8) is 0 Å². The van der Waals surface area contributed by atoms with Crippen molar-refractivity contribution in [2.75, 3.05) is 0 Å². The van der Waals surface area contributed by atoms with Crippen molar-refractivity contribution < 1.29 is 4.79 Å². The predicted molar refractivity (Wildman–Crippen MR) is 84.3 cm³/mol. The molecule has 2 aromatic rings. The average Bonchev–Trinajstić information content (AvgIpc) is 2.69. The molecule has 1 aromatic heterocycles. The molecule has 2 rings (SSSR count). The fraction of sp³-hybridized carbons (Fsp3) is 0.375. The third-order valence-corrected chi connectivity index (χ3v) is 4.06. The SMILES string of the molecule is Cc1nn(C)c(C)c1CCC(=O)NCc1ccccc1Cl. The summed E-state index contributed by atoms with van der Waals surface area (Å²) in [4.78, 5) is 11.9. The summed E-state index contributed by atoms with van der Waals surface area (Å²) < 4.78 is 1.85. The molecule has 0 fully saturated rings. The molecule has 1 aromatic carbocycles. The van der Waals surface area contributed by atoms with E-state index < -0.39 is 0 Å². The van der Waals surface area contributed by atoms with Crippen LogP contribution in [-0.2, 0) is 24.8 Å². The number of nitrogens with zero attached hydrogens (tertiary/aromatic N) is 2. The topological polar surface area (TPSA) is 46.9 Å². The van der Waals surface area contributed by atoms with Gasteiger partial charge >= 0.3 is 0 Å². The van der Waals surface area contributed by atoms with Crippen LogP contribution in [0.5, 0.6) is 0 Å². The Morgan fingerprint density at radius 1 is 1.33 bits per heavy atom. The van der Waals surface area contributed by atoms with E-state index in [-0.39, 0.29) is 5.91 Å². The highest BCUT2D eigenvalue weighted by Gasteiger charge is 2.11. The van der Waals surface area contributed by atoms with Gasteiger partial charge in [-0.2, -0.15) is 5.10 Å². The number of amides is 1. The van der Waals surface area contributed by atoms with Crippen molar-refractivity contribution in [1.29, 1.82) is 0 Å². The Hall–Kier alpha value is -1.81. The molecule has 1 heterocycles. The van der Waals surface area contributed by atoms with Gasteiger partial charge in [0.25, 0.3) is 0 Å². The highest BCUT2D eigenvalue weighted by molar-refractivity contribution is 6.31. The number of aromatic nitrogens is 2. The van der Waals surface area contributed by atoms with Gasteiger partial charge in [0.1, 0.15) is 0 Å². The van der Waals surface area contributed by atoms with Crippen LogP contribution in [0.15, 0.2) is 24.3 Å². The molecule has 0 atom stereocenters. The Labute approximate surface area is 130 Å². The maximum Gasteiger partial charge on any atom is 0.220 e. The minimum absolute atomic E-state index is 0.0255. The van der Waals surface area contributed by atoms with E-state index in [0.717, 1.165) is 22.5 Å². The van der Waals surface area contributed by atoms with E-state index in [2.05, 4.69) is 10.4 Å². The summed E-state index contributed by atoms with van der Waals surface area (Å²) in [6.45, 7) is 4.46. The monoisotopic (exact) mass is 305 g/mol. The molecule has 0 radical (unpaired) electrons. The number of carbonyl (C=O) groups is 1. The molecule has 0 aliphatic rings. The second kappa shape index (κ2) is 6.76. The molecule has 0 aliphatic heterocycles. The van der Waals surface area contributed by atoms with Crippen LogP contribution in [-0.4, -0.2) is 15.7 Å². The third kappa shape index (κ3) is 3.85. The number of hydrogen-bond acceptors (Lipinski definition) is 2. The molecule has 1 N–H and O–H groups in total. The van der Waals surface area contributed by atoms with Crippen LogP contribution < -0.4 is 5.32 Å². The number of benzene rings is 1. The Morgan fingerprint density at radius 2 is 2.05 bits per heavy atom. The number of aryl methyl sites for hydroxylation is 2. The molecule has 0 bridgehead atoms. The average molecular weight is 306 g/mol. The number of nitrogens with one attached hydrogen (secondary N) is 1. The van der Waals surface area contributed by atoms with E-state index in [1.807, 2.05) is 49.8 Å². The minimum atomic E-state index is 0.0255. The summed E-state index contributed by atoms with van der Waals surface area (Å²) in [6.07, 6.45) is 1.16. The fourth-order valence-corrected chi connectivity index (χ4v) is 2.54. The van der Waals surface area contributed by atoms with Crippen molar-refractivity contribution >= 4 is 17.5 Å². The number of halogens is 1. The minimum Gasteiger partial charge on any atom is -0.352 e. The molecule has 1 amide bonds. The molecule has 112 valence electrons. The van der Waals surface area contributed by atoms with Gasteiger partial charge in [0.15, 0.2) is 0 Å². The zero-order valence-corrected chi connectivity index (χ0v) is 13.4. The van der Waals surface area contributed by atoms with Gasteiger partial charge < -0.3 is 5.32 Å². The van der Waals surface area contributed by atoms with Crippen molar-refractivity contribution in [3.05, 3.63) is 51.8 Å². The highest BCUT2D eigenvalue weighted by Crippen LogP contribution is 2.15. The van der Waals surface area contributed by atoms with Crippen LogP contribution in [0.25, 0.3) is 0 Å². The Morgan fingerprint density at radius 3 is 2.67 bits per heavy atom. The normalized spacial score (nSPS) is 10.7. The van der Waals surface area contributed by atoms with Crippen molar-refractivity contribution in [2.45, 2.75) is 33.2 Å². The van der Waals surface area contributed by atoms with Gasteiger partial charge in [-0.15, -0.1) is 0 Å². The lowest BCUT2D eigenvalue weighted by molar-refractivity contribution is -0.121. The summed E-state index contributed by atoms with van der Waals surface area (Å²) >= 11 is 6.06. The van der Waals surface area contributed by atoms with Crippen molar-refractivity contribution in [1.82, 2.24) is 15.1 Å². The summed E-state index contributed by atoms with van der Waals surface area (Å²) in [6, 6.07) is 7.53. The summed E-state index contributed by atoms with van der Waals surface area (Å²) in [7, 11) is 1.92. The van der Waals surface area contributed by atoms with Crippen LogP contribution in [0, 0.1) is 13.8 Å². The number of rotatable bonds is 5. The summed E-state index contributed by atoms with van der Waals surface area (Å²) in [5.74, 6) is 0.0255. The largest absolute Gasteiger partial charge is 0.352 e.